The zero-order valence-electron chi connectivity index (χ0n) is 11.0. The number of aromatic nitrogens is 2. The van der Waals surface area contributed by atoms with E-state index < -0.39 is 5.76 Å². The van der Waals surface area contributed by atoms with Crippen molar-refractivity contribution in [3.05, 3.63) is 40.1 Å². The van der Waals surface area contributed by atoms with Gasteiger partial charge in [0.15, 0.2) is 23.1 Å². The number of ether oxygens (including phenoxy) is 2. The smallest absolute Gasteiger partial charge is 0.438 e. The molecular formula is C14H12N2O5. The Kier molecular flexibility index (Phi) is 2.60. The molecule has 0 amide bonds. The van der Waals surface area contributed by atoms with E-state index in [0.717, 1.165) is 0 Å². The summed E-state index contributed by atoms with van der Waals surface area (Å²) in [5.74, 6) is 0.870. The van der Waals surface area contributed by atoms with Crippen molar-refractivity contribution in [3.63, 3.8) is 0 Å². The standard InChI is InChI=1S/C14H12N2O5/c17-12(8-6-9(8)13-15-14(18)21-16-13)7-1-2-10-11(5-7)20-4-3-19-10/h1-2,5,8-9H,3-4,6H2,(H,15,16,18). The molecule has 7 nitrogen and oxygen atoms in total. The van der Waals surface area contributed by atoms with Crippen LogP contribution in [-0.2, 0) is 0 Å². The molecule has 0 radical (unpaired) electrons. The Hall–Kier alpha value is -2.57. The third-order valence-electron chi connectivity index (χ3n) is 3.76. The molecule has 1 saturated carbocycles. The first-order chi connectivity index (χ1) is 10.2. The summed E-state index contributed by atoms with van der Waals surface area (Å²) in [4.78, 5) is 25.9. The molecule has 2 unspecified atom stereocenters. The van der Waals surface area contributed by atoms with E-state index in [1.54, 1.807) is 18.2 Å². The van der Waals surface area contributed by atoms with E-state index in [0.29, 0.717) is 42.5 Å². The SMILES string of the molecule is O=C(c1ccc2c(c1)OCCO2)C1CC1c1noc(=O)[nH]1. The van der Waals surface area contributed by atoms with Crippen LogP contribution in [0.3, 0.4) is 0 Å². The maximum absolute atomic E-state index is 12.4. The highest BCUT2D eigenvalue weighted by Gasteiger charge is 2.46. The molecule has 1 aromatic heterocycles. The number of rotatable bonds is 3. The van der Waals surface area contributed by atoms with E-state index in [-0.39, 0.29) is 17.6 Å². The Morgan fingerprint density at radius 1 is 1.24 bits per heavy atom. The lowest BCUT2D eigenvalue weighted by atomic mass is 10.0. The van der Waals surface area contributed by atoms with Gasteiger partial charge in [0.1, 0.15) is 13.2 Å². The number of hydrogen-bond donors (Lipinski definition) is 1. The minimum Gasteiger partial charge on any atom is -0.486 e. The Labute approximate surface area is 118 Å². The van der Waals surface area contributed by atoms with Gasteiger partial charge in [-0.15, -0.1) is 0 Å². The van der Waals surface area contributed by atoms with Crippen molar-refractivity contribution in [2.45, 2.75) is 12.3 Å². The fourth-order valence-corrected chi connectivity index (χ4v) is 2.60. The molecule has 2 atom stereocenters. The van der Waals surface area contributed by atoms with Crippen LogP contribution >= 0.6 is 0 Å². The molecule has 1 aliphatic carbocycles. The first kappa shape index (κ1) is 12.2. The fraction of sp³-hybridized carbons (Fsp3) is 0.357. The van der Waals surface area contributed by atoms with Crippen molar-refractivity contribution in [3.8, 4) is 11.5 Å². The van der Waals surface area contributed by atoms with Crippen LogP contribution in [0.1, 0.15) is 28.5 Å². The molecule has 0 bridgehead atoms. The number of aromatic amines is 1. The van der Waals surface area contributed by atoms with E-state index in [1.165, 1.54) is 0 Å². The third kappa shape index (κ3) is 2.10. The Bertz CT molecular complexity index is 763. The Morgan fingerprint density at radius 2 is 2.05 bits per heavy atom. The number of hydrogen-bond acceptors (Lipinski definition) is 6. The van der Waals surface area contributed by atoms with Gasteiger partial charge in [-0.1, -0.05) is 5.16 Å². The predicted octanol–water partition coefficient (Wildman–Crippen LogP) is 1.12. The van der Waals surface area contributed by atoms with Gasteiger partial charge in [0.2, 0.25) is 0 Å². The molecule has 0 spiro atoms. The third-order valence-corrected chi connectivity index (χ3v) is 3.76. The van der Waals surface area contributed by atoms with E-state index in [4.69, 9.17) is 9.47 Å². The molecule has 1 aliphatic heterocycles. The van der Waals surface area contributed by atoms with Gasteiger partial charge in [-0.05, 0) is 24.6 Å². The minimum atomic E-state index is -0.595. The molecule has 21 heavy (non-hydrogen) atoms. The van der Waals surface area contributed by atoms with E-state index in [1.807, 2.05) is 0 Å². The lowest BCUT2D eigenvalue weighted by Gasteiger charge is -2.18. The molecular weight excluding hydrogens is 276 g/mol. The van der Waals surface area contributed by atoms with Gasteiger partial charge in [-0.25, -0.2) is 4.79 Å². The summed E-state index contributed by atoms with van der Waals surface area (Å²) < 4.78 is 15.4. The van der Waals surface area contributed by atoms with Crippen molar-refractivity contribution in [1.29, 1.82) is 0 Å². The van der Waals surface area contributed by atoms with Gasteiger partial charge >= 0.3 is 5.76 Å². The van der Waals surface area contributed by atoms with Crippen LogP contribution in [0.2, 0.25) is 0 Å². The molecule has 0 saturated heterocycles. The number of Topliss-reactive ketones (excluding diaryl/α,β-unsaturated/α-hetero) is 1. The largest absolute Gasteiger partial charge is 0.486 e. The number of benzene rings is 1. The Morgan fingerprint density at radius 3 is 2.81 bits per heavy atom. The second kappa shape index (κ2) is 4.47. The first-order valence-electron chi connectivity index (χ1n) is 6.72. The average molecular weight is 288 g/mol. The summed E-state index contributed by atoms with van der Waals surface area (Å²) in [6.07, 6.45) is 0.662. The zero-order valence-corrected chi connectivity index (χ0v) is 11.0. The molecule has 2 aliphatic rings. The summed E-state index contributed by atoms with van der Waals surface area (Å²) in [7, 11) is 0. The van der Waals surface area contributed by atoms with E-state index in [9.17, 15) is 9.59 Å². The van der Waals surface area contributed by atoms with Crippen molar-refractivity contribution < 1.29 is 18.8 Å². The van der Waals surface area contributed by atoms with Gasteiger partial charge < -0.3 is 9.47 Å². The van der Waals surface area contributed by atoms with Gasteiger partial charge in [0.05, 0.1) is 0 Å². The molecule has 1 fully saturated rings. The molecule has 4 rings (SSSR count). The lowest BCUT2D eigenvalue weighted by molar-refractivity contribution is 0.0963. The van der Waals surface area contributed by atoms with Crippen LogP contribution in [0.4, 0.5) is 0 Å². The van der Waals surface area contributed by atoms with Crippen molar-refractivity contribution >= 4 is 5.78 Å². The zero-order chi connectivity index (χ0) is 14.4. The molecule has 7 heteroatoms. The van der Waals surface area contributed by atoms with E-state index >= 15 is 0 Å². The monoisotopic (exact) mass is 288 g/mol. The highest BCUT2D eigenvalue weighted by Crippen LogP contribution is 2.48. The summed E-state index contributed by atoms with van der Waals surface area (Å²) in [6, 6.07) is 5.19. The molecule has 1 N–H and O–H groups in total. The van der Waals surface area contributed by atoms with Crippen molar-refractivity contribution in [2.24, 2.45) is 5.92 Å². The number of nitrogens with zero attached hydrogens (tertiary/aromatic N) is 1. The van der Waals surface area contributed by atoms with Crippen molar-refractivity contribution in [1.82, 2.24) is 10.1 Å². The number of fused-ring (bicyclic) bond motifs is 1. The number of ketones is 1. The number of carbonyl (C=O) groups excluding carboxylic acids is 1. The second-order valence-electron chi connectivity index (χ2n) is 5.15. The highest BCUT2D eigenvalue weighted by atomic mass is 16.6. The second-order valence-corrected chi connectivity index (χ2v) is 5.15. The molecule has 1 aromatic carbocycles. The summed E-state index contributed by atoms with van der Waals surface area (Å²) in [6.45, 7) is 1.00. The van der Waals surface area contributed by atoms with Crippen LogP contribution in [0, 0.1) is 5.92 Å². The number of carbonyl (C=O) groups is 1. The van der Waals surface area contributed by atoms with Crippen LogP contribution < -0.4 is 15.2 Å². The summed E-state index contributed by atoms with van der Waals surface area (Å²) in [5, 5.41) is 3.63. The normalized spacial score (nSPS) is 22.9. The summed E-state index contributed by atoms with van der Waals surface area (Å²) in [5.41, 5.74) is 0.581. The number of nitrogens with one attached hydrogen (secondary N) is 1. The van der Waals surface area contributed by atoms with Crippen LogP contribution in [0.25, 0.3) is 0 Å². The minimum absolute atomic E-state index is 0.0147. The molecule has 2 heterocycles. The maximum Gasteiger partial charge on any atom is 0.438 e. The summed E-state index contributed by atoms with van der Waals surface area (Å²) >= 11 is 0. The predicted molar refractivity (Wildman–Crippen MR) is 69.7 cm³/mol. The highest BCUT2D eigenvalue weighted by molar-refractivity contribution is 6.00. The molecule has 108 valence electrons. The quantitative estimate of drug-likeness (QED) is 0.850. The topological polar surface area (TPSA) is 94.4 Å². The Balaban J connectivity index is 1.55. The van der Waals surface area contributed by atoms with Crippen LogP contribution in [0.5, 0.6) is 11.5 Å². The number of H-pyrrole nitrogens is 1. The first-order valence-corrected chi connectivity index (χ1v) is 6.72. The van der Waals surface area contributed by atoms with Crippen LogP contribution in [0.15, 0.2) is 27.5 Å². The molecule has 2 aromatic rings. The van der Waals surface area contributed by atoms with Crippen LogP contribution in [-0.4, -0.2) is 29.1 Å². The maximum atomic E-state index is 12.4. The van der Waals surface area contributed by atoms with Crippen molar-refractivity contribution in [2.75, 3.05) is 13.2 Å². The van der Waals surface area contributed by atoms with E-state index in [2.05, 4.69) is 14.7 Å². The van der Waals surface area contributed by atoms with Gasteiger partial charge in [-0.3, -0.25) is 14.3 Å². The van der Waals surface area contributed by atoms with Gasteiger partial charge in [0, 0.05) is 17.4 Å². The van der Waals surface area contributed by atoms with Gasteiger partial charge in [0.25, 0.3) is 0 Å². The fourth-order valence-electron chi connectivity index (χ4n) is 2.60. The lowest BCUT2D eigenvalue weighted by Crippen LogP contribution is -2.16. The average Bonchev–Trinajstić information content (AvgIpc) is 3.20. The van der Waals surface area contributed by atoms with Gasteiger partial charge in [-0.2, -0.15) is 0 Å².